The summed E-state index contributed by atoms with van der Waals surface area (Å²) in [5, 5.41) is 7.65. The molecule has 2 N–H and O–H groups in total. The van der Waals surface area contributed by atoms with E-state index >= 15 is 0 Å². The summed E-state index contributed by atoms with van der Waals surface area (Å²) in [6, 6.07) is 0.261. The number of aromatic nitrogens is 3. The largest absolute Gasteiger partial charge is 0.328 e. The Labute approximate surface area is 103 Å². The fourth-order valence-corrected chi connectivity index (χ4v) is 2.69. The lowest BCUT2D eigenvalue weighted by atomic mass is 9.83. The Hall–Kier alpha value is -0.750. The molecule has 1 aromatic rings. The Morgan fingerprint density at radius 2 is 2.06 bits per heavy atom. The van der Waals surface area contributed by atoms with Gasteiger partial charge in [0, 0.05) is 19.0 Å². The molecule has 5 nitrogen and oxygen atoms in total. The van der Waals surface area contributed by atoms with Gasteiger partial charge in [-0.15, -0.1) is 5.10 Å². The molecular weight excluding hydrogens is 272 g/mol. The van der Waals surface area contributed by atoms with Crippen molar-refractivity contribution in [1.29, 1.82) is 0 Å². The number of aryl methyl sites for hydroxylation is 1. The van der Waals surface area contributed by atoms with Gasteiger partial charge in [0.2, 0.25) is 0 Å². The summed E-state index contributed by atoms with van der Waals surface area (Å²) in [6.07, 6.45) is 3.61. The van der Waals surface area contributed by atoms with Crippen LogP contribution in [0.1, 0.15) is 36.2 Å². The first-order valence-corrected chi connectivity index (χ1v) is 6.24. The second-order valence-electron chi connectivity index (χ2n) is 4.33. The van der Waals surface area contributed by atoms with Crippen LogP contribution >= 0.6 is 15.9 Å². The van der Waals surface area contributed by atoms with Crippen molar-refractivity contribution in [2.45, 2.75) is 31.7 Å². The summed E-state index contributed by atoms with van der Waals surface area (Å²) in [5.74, 6) is 0.208. The lowest BCUT2D eigenvalue weighted by molar-refractivity contribution is 0.0874. The molecule has 88 valence electrons. The molecule has 1 aliphatic carbocycles. The molecule has 2 rings (SSSR count). The summed E-state index contributed by atoms with van der Waals surface area (Å²) in [7, 11) is 1.74. The van der Waals surface area contributed by atoms with Crippen molar-refractivity contribution >= 4 is 21.7 Å². The molecule has 16 heavy (non-hydrogen) atoms. The molecule has 0 aromatic carbocycles. The Bertz CT molecular complexity index is 376. The fraction of sp³-hybridized carbons (Fsp3) is 0.700. The van der Waals surface area contributed by atoms with Gasteiger partial charge in [-0.1, -0.05) is 5.21 Å². The van der Waals surface area contributed by atoms with Crippen molar-refractivity contribution < 1.29 is 4.79 Å². The minimum atomic E-state index is 0.0771. The molecule has 0 saturated heterocycles. The van der Waals surface area contributed by atoms with E-state index in [9.17, 15) is 4.79 Å². The lowest BCUT2D eigenvalue weighted by Crippen LogP contribution is -2.30. The monoisotopic (exact) mass is 286 g/mol. The molecule has 0 bridgehead atoms. The minimum absolute atomic E-state index is 0.0771. The smallest absolute Gasteiger partial charge is 0.186 e. The molecule has 0 radical (unpaired) electrons. The van der Waals surface area contributed by atoms with Gasteiger partial charge >= 0.3 is 0 Å². The molecule has 0 unspecified atom stereocenters. The van der Waals surface area contributed by atoms with Gasteiger partial charge in [0.15, 0.2) is 10.4 Å². The second kappa shape index (κ2) is 4.63. The van der Waals surface area contributed by atoms with E-state index in [1.54, 1.807) is 7.05 Å². The number of halogens is 1. The maximum atomic E-state index is 12.2. The van der Waals surface area contributed by atoms with Crippen LogP contribution in [0.25, 0.3) is 0 Å². The molecule has 0 atom stereocenters. The van der Waals surface area contributed by atoms with E-state index < -0.39 is 0 Å². The topological polar surface area (TPSA) is 73.8 Å². The van der Waals surface area contributed by atoms with Gasteiger partial charge < -0.3 is 5.73 Å². The van der Waals surface area contributed by atoms with Gasteiger partial charge in [-0.05, 0) is 41.6 Å². The molecule has 1 aliphatic rings. The highest BCUT2D eigenvalue weighted by Crippen LogP contribution is 2.28. The normalized spacial score (nSPS) is 25.7. The molecule has 0 aliphatic heterocycles. The number of nitrogens with zero attached hydrogens (tertiary/aromatic N) is 3. The van der Waals surface area contributed by atoms with Crippen molar-refractivity contribution in [3.05, 3.63) is 10.3 Å². The zero-order chi connectivity index (χ0) is 11.7. The molecule has 1 fully saturated rings. The number of rotatable bonds is 2. The van der Waals surface area contributed by atoms with Crippen LogP contribution in [-0.2, 0) is 7.05 Å². The first-order valence-electron chi connectivity index (χ1n) is 5.44. The number of carbonyl (C=O) groups excluding carboxylic acids is 1. The lowest BCUT2D eigenvalue weighted by Gasteiger charge is -2.24. The van der Waals surface area contributed by atoms with Crippen LogP contribution in [-0.4, -0.2) is 26.8 Å². The summed E-state index contributed by atoms with van der Waals surface area (Å²) < 4.78 is 2.07. The summed E-state index contributed by atoms with van der Waals surface area (Å²) >= 11 is 3.26. The van der Waals surface area contributed by atoms with E-state index in [1.165, 1.54) is 4.68 Å². The number of hydrogen-bond donors (Lipinski definition) is 1. The van der Waals surface area contributed by atoms with Crippen molar-refractivity contribution in [2.24, 2.45) is 18.7 Å². The van der Waals surface area contributed by atoms with Crippen molar-refractivity contribution in [3.8, 4) is 0 Å². The van der Waals surface area contributed by atoms with Gasteiger partial charge in [0.1, 0.15) is 5.69 Å². The highest BCUT2D eigenvalue weighted by molar-refractivity contribution is 9.10. The Kier molecular flexibility index (Phi) is 3.39. The van der Waals surface area contributed by atoms with Crippen molar-refractivity contribution in [1.82, 2.24) is 15.0 Å². The molecule has 1 saturated carbocycles. The zero-order valence-electron chi connectivity index (χ0n) is 9.19. The molecule has 1 heterocycles. The van der Waals surface area contributed by atoms with Crippen LogP contribution in [0.15, 0.2) is 4.60 Å². The second-order valence-corrected chi connectivity index (χ2v) is 5.08. The van der Waals surface area contributed by atoms with E-state index in [0.717, 1.165) is 25.7 Å². The first-order chi connectivity index (χ1) is 7.59. The van der Waals surface area contributed by atoms with E-state index in [0.29, 0.717) is 10.3 Å². The third-order valence-corrected chi connectivity index (χ3v) is 3.70. The van der Waals surface area contributed by atoms with E-state index in [-0.39, 0.29) is 17.7 Å². The zero-order valence-corrected chi connectivity index (χ0v) is 10.8. The number of hydrogen-bond acceptors (Lipinski definition) is 4. The van der Waals surface area contributed by atoms with Crippen LogP contribution in [0, 0.1) is 5.92 Å². The SMILES string of the molecule is Cn1nnc(Br)c1C(=O)C1CCC(N)CC1. The van der Waals surface area contributed by atoms with E-state index in [4.69, 9.17) is 5.73 Å². The Morgan fingerprint density at radius 3 is 2.56 bits per heavy atom. The van der Waals surface area contributed by atoms with Crippen molar-refractivity contribution in [2.75, 3.05) is 0 Å². The number of nitrogens with two attached hydrogens (primary N) is 1. The maximum Gasteiger partial charge on any atom is 0.186 e. The standard InChI is InChI=1S/C10H15BrN4O/c1-15-8(10(11)13-14-15)9(16)6-2-4-7(12)5-3-6/h6-7H,2-5,12H2,1H3. The fourth-order valence-electron chi connectivity index (χ4n) is 2.17. The molecule has 0 spiro atoms. The molecule has 6 heteroatoms. The van der Waals surface area contributed by atoms with Crippen LogP contribution < -0.4 is 5.73 Å². The van der Waals surface area contributed by atoms with Crippen LogP contribution in [0.3, 0.4) is 0 Å². The third-order valence-electron chi connectivity index (χ3n) is 3.16. The predicted molar refractivity (Wildman–Crippen MR) is 63.0 cm³/mol. The minimum Gasteiger partial charge on any atom is -0.328 e. The van der Waals surface area contributed by atoms with Gasteiger partial charge in [-0.2, -0.15) is 0 Å². The third kappa shape index (κ3) is 2.17. The molecule has 1 aromatic heterocycles. The number of Topliss-reactive ketones (excluding diaryl/α,β-unsaturated/α-hetero) is 1. The Morgan fingerprint density at radius 1 is 1.44 bits per heavy atom. The molecule has 0 amide bonds. The summed E-state index contributed by atoms with van der Waals surface area (Å²) in [5.41, 5.74) is 6.40. The highest BCUT2D eigenvalue weighted by atomic mass is 79.9. The molecular formula is C10H15BrN4O. The number of ketones is 1. The Balaban J connectivity index is 2.14. The predicted octanol–water partition coefficient (Wildman–Crippen LogP) is 1.28. The number of carbonyl (C=O) groups is 1. The van der Waals surface area contributed by atoms with E-state index in [2.05, 4.69) is 26.2 Å². The van der Waals surface area contributed by atoms with Gasteiger partial charge in [0.05, 0.1) is 0 Å². The van der Waals surface area contributed by atoms with Crippen LogP contribution in [0.4, 0.5) is 0 Å². The highest BCUT2D eigenvalue weighted by Gasteiger charge is 2.29. The van der Waals surface area contributed by atoms with Crippen LogP contribution in [0.5, 0.6) is 0 Å². The summed E-state index contributed by atoms with van der Waals surface area (Å²) in [4.78, 5) is 12.2. The first kappa shape index (κ1) is 11.7. The van der Waals surface area contributed by atoms with E-state index in [1.807, 2.05) is 0 Å². The average Bonchev–Trinajstić information content (AvgIpc) is 2.59. The average molecular weight is 287 g/mol. The van der Waals surface area contributed by atoms with Crippen molar-refractivity contribution in [3.63, 3.8) is 0 Å². The van der Waals surface area contributed by atoms with Crippen LogP contribution in [0.2, 0.25) is 0 Å². The van der Waals surface area contributed by atoms with Gasteiger partial charge in [0.25, 0.3) is 0 Å². The van der Waals surface area contributed by atoms with Gasteiger partial charge in [-0.3, -0.25) is 4.79 Å². The maximum absolute atomic E-state index is 12.2. The quantitative estimate of drug-likeness (QED) is 0.831. The summed E-state index contributed by atoms with van der Waals surface area (Å²) in [6.45, 7) is 0. The van der Waals surface area contributed by atoms with Gasteiger partial charge in [-0.25, -0.2) is 4.68 Å².